The smallest absolute Gasteiger partial charge is 0.316 e. The number of nitrogens with one attached hydrogen (secondary N) is 2. The number of nitrogens with zero attached hydrogens (tertiary/aromatic N) is 2. The first-order chi connectivity index (χ1) is 8.11. The van der Waals surface area contributed by atoms with Crippen molar-refractivity contribution < 1.29 is 0 Å². The molecule has 1 aliphatic rings. The third kappa shape index (κ3) is 2.74. The lowest BCUT2D eigenvalue weighted by Gasteiger charge is -2.33. The molecule has 5 nitrogen and oxygen atoms in total. The molecule has 0 saturated heterocycles. The third-order valence-electron chi connectivity index (χ3n) is 3.52. The Kier molecular flexibility index (Phi) is 3.93. The predicted molar refractivity (Wildman–Crippen MR) is 69.3 cm³/mol. The minimum Gasteiger partial charge on any atom is -0.316 e. The van der Waals surface area contributed by atoms with Gasteiger partial charge in [0.25, 0.3) is 0 Å². The highest BCUT2D eigenvalue weighted by atomic mass is 32.2. The van der Waals surface area contributed by atoms with Crippen molar-refractivity contribution in [2.45, 2.75) is 42.6 Å². The topological polar surface area (TPSA) is 62.7 Å². The van der Waals surface area contributed by atoms with Crippen LogP contribution in [0.25, 0.3) is 0 Å². The Labute approximate surface area is 105 Å². The minimum absolute atomic E-state index is 0.141. The van der Waals surface area contributed by atoms with Crippen molar-refractivity contribution in [3.63, 3.8) is 0 Å². The first-order valence-corrected chi connectivity index (χ1v) is 6.95. The molecule has 2 N–H and O–H groups in total. The van der Waals surface area contributed by atoms with Crippen LogP contribution in [0.4, 0.5) is 0 Å². The van der Waals surface area contributed by atoms with Crippen LogP contribution in [0.3, 0.4) is 0 Å². The summed E-state index contributed by atoms with van der Waals surface area (Å²) >= 11 is 1.71. The van der Waals surface area contributed by atoms with Gasteiger partial charge in [-0.1, -0.05) is 18.7 Å². The molecule has 1 saturated carbocycles. The van der Waals surface area contributed by atoms with Gasteiger partial charge < -0.3 is 5.32 Å². The molecular formula is C11H20N4OS. The molecule has 6 heteroatoms. The maximum atomic E-state index is 11.3. The Morgan fingerprint density at radius 1 is 1.53 bits per heavy atom. The Hall–Kier alpha value is -0.750. The molecule has 0 spiro atoms. The molecule has 1 aromatic rings. The van der Waals surface area contributed by atoms with Crippen molar-refractivity contribution in [1.82, 2.24) is 20.1 Å². The molecule has 1 fully saturated rings. The molecule has 96 valence electrons. The average molecular weight is 256 g/mol. The quantitative estimate of drug-likeness (QED) is 0.846. The summed E-state index contributed by atoms with van der Waals surface area (Å²) in [6.07, 6.45) is 3.66. The number of hydrogen-bond donors (Lipinski definition) is 2. The van der Waals surface area contributed by atoms with E-state index in [9.17, 15) is 4.79 Å². The number of aromatic nitrogens is 3. The van der Waals surface area contributed by atoms with Crippen molar-refractivity contribution >= 4 is 11.8 Å². The van der Waals surface area contributed by atoms with E-state index in [1.807, 2.05) is 7.05 Å². The summed E-state index contributed by atoms with van der Waals surface area (Å²) < 4.78 is 1.58. The Bertz CT molecular complexity index is 427. The zero-order valence-electron chi connectivity index (χ0n) is 10.6. The SMILES string of the molecule is CNC1CCC(C)CC1Sc1n[nH]c(=O)n1C. The van der Waals surface area contributed by atoms with Gasteiger partial charge in [-0.25, -0.2) is 9.89 Å². The summed E-state index contributed by atoms with van der Waals surface area (Å²) in [5.74, 6) is 0.757. The van der Waals surface area contributed by atoms with Crippen LogP contribution in [0.5, 0.6) is 0 Å². The van der Waals surface area contributed by atoms with Gasteiger partial charge in [0.05, 0.1) is 0 Å². The van der Waals surface area contributed by atoms with Gasteiger partial charge in [-0.3, -0.25) is 4.57 Å². The fraction of sp³-hybridized carbons (Fsp3) is 0.818. The molecule has 3 unspecified atom stereocenters. The van der Waals surface area contributed by atoms with Crippen LogP contribution in [-0.2, 0) is 7.05 Å². The Balaban J connectivity index is 2.10. The first-order valence-electron chi connectivity index (χ1n) is 6.07. The normalized spacial score (nSPS) is 29.5. The van der Waals surface area contributed by atoms with Gasteiger partial charge in [0, 0.05) is 18.3 Å². The molecule has 1 heterocycles. The summed E-state index contributed by atoms with van der Waals surface area (Å²) in [6, 6.07) is 0.517. The van der Waals surface area contributed by atoms with E-state index in [1.54, 1.807) is 23.4 Å². The molecule has 3 atom stereocenters. The van der Waals surface area contributed by atoms with Gasteiger partial charge in [0.1, 0.15) is 0 Å². The molecule has 1 aromatic heterocycles. The van der Waals surface area contributed by atoms with E-state index in [4.69, 9.17) is 0 Å². The van der Waals surface area contributed by atoms with Gasteiger partial charge in [-0.2, -0.15) is 0 Å². The first kappa shape index (κ1) is 12.7. The van der Waals surface area contributed by atoms with Gasteiger partial charge in [0.15, 0.2) is 5.16 Å². The lowest BCUT2D eigenvalue weighted by molar-refractivity contribution is 0.328. The standard InChI is InChI=1S/C11H20N4OS/c1-7-4-5-8(12-2)9(6-7)17-11-14-13-10(16)15(11)3/h7-9,12H,4-6H2,1-3H3,(H,13,16). The number of rotatable bonds is 3. The minimum atomic E-state index is -0.141. The van der Waals surface area contributed by atoms with Gasteiger partial charge in [-0.05, 0) is 32.2 Å². The van der Waals surface area contributed by atoms with Crippen LogP contribution < -0.4 is 11.0 Å². The predicted octanol–water partition coefficient (Wildman–Crippen LogP) is 0.977. The lowest BCUT2D eigenvalue weighted by atomic mass is 9.87. The fourth-order valence-electron chi connectivity index (χ4n) is 2.36. The van der Waals surface area contributed by atoms with E-state index in [0.29, 0.717) is 11.3 Å². The number of thioether (sulfide) groups is 1. The van der Waals surface area contributed by atoms with Crippen molar-refractivity contribution in [2.24, 2.45) is 13.0 Å². The Morgan fingerprint density at radius 3 is 2.88 bits per heavy atom. The van der Waals surface area contributed by atoms with E-state index < -0.39 is 0 Å². The zero-order chi connectivity index (χ0) is 12.4. The van der Waals surface area contributed by atoms with Crippen LogP contribution >= 0.6 is 11.8 Å². The third-order valence-corrected chi connectivity index (χ3v) is 4.92. The van der Waals surface area contributed by atoms with Gasteiger partial charge in [0.2, 0.25) is 0 Å². The number of hydrogen-bond acceptors (Lipinski definition) is 4. The largest absolute Gasteiger partial charge is 0.343 e. The van der Waals surface area contributed by atoms with E-state index >= 15 is 0 Å². The maximum Gasteiger partial charge on any atom is 0.343 e. The van der Waals surface area contributed by atoms with Crippen LogP contribution in [0.1, 0.15) is 26.2 Å². The summed E-state index contributed by atoms with van der Waals surface area (Å²) in [5.41, 5.74) is -0.141. The second kappa shape index (κ2) is 5.27. The van der Waals surface area contributed by atoms with E-state index in [2.05, 4.69) is 22.4 Å². The average Bonchev–Trinajstić information content (AvgIpc) is 2.61. The van der Waals surface area contributed by atoms with E-state index in [0.717, 1.165) is 11.1 Å². The highest BCUT2D eigenvalue weighted by molar-refractivity contribution is 7.99. The zero-order valence-corrected chi connectivity index (χ0v) is 11.4. The molecule has 0 amide bonds. The van der Waals surface area contributed by atoms with Crippen molar-refractivity contribution in [3.05, 3.63) is 10.5 Å². The van der Waals surface area contributed by atoms with Gasteiger partial charge >= 0.3 is 5.69 Å². The molecule has 0 radical (unpaired) electrons. The summed E-state index contributed by atoms with van der Waals surface area (Å²) in [4.78, 5) is 11.3. The second-order valence-corrected chi connectivity index (χ2v) is 6.05. The highest BCUT2D eigenvalue weighted by Crippen LogP contribution is 2.34. The monoisotopic (exact) mass is 256 g/mol. The summed E-state index contributed by atoms with van der Waals surface area (Å²) in [7, 11) is 3.77. The maximum absolute atomic E-state index is 11.3. The van der Waals surface area contributed by atoms with Crippen LogP contribution in [0.15, 0.2) is 9.95 Å². The highest BCUT2D eigenvalue weighted by Gasteiger charge is 2.29. The van der Waals surface area contributed by atoms with Crippen LogP contribution in [-0.4, -0.2) is 33.1 Å². The molecular weight excluding hydrogens is 236 g/mol. The van der Waals surface area contributed by atoms with Crippen LogP contribution in [0, 0.1) is 5.92 Å². The number of aromatic amines is 1. The van der Waals surface area contributed by atoms with E-state index in [1.165, 1.54) is 19.3 Å². The number of H-pyrrole nitrogens is 1. The van der Waals surface area contributed by atoms with Crippen LogP contribution in [0.2, 0.25) is 0 Å². The van der Waals surface area contributed by atoms with Gasteiger partial charge in [-0.15, -0.1) is 5.10 Å². The molecule has 0 aliphatic heterocycles. The summed E-state index contributed by atoms with van der Waals surface area (Å²) in [5, 5.41) is 11.2. The molecule has 17 heavy (non-hydrogen) atoms. The molecule has 0 bridgehead atoms. The van der Waals surface area contributed by atoms with Crippen molar-refractivity contribution in [2.75, 3.05) is 7.05 Å². The fourth-order valence-corrected chi connectivity index (χ4v) is 3.83. The molecule has 1 aliphatic carbocycles. The molecule has 2 rings (SSSR count). The summed E-state index contributed by atoms with van der Waals surface area (Å²) in [6.45, 7) is 2.29. The molecule has 0 aromatic carbocycles. The second-order valence-electron chi connectivity index (χ2n) is 4.84. The van der Waals surface area contributed by atoms with Crippen molar-refractivity contribution in [3.8, 4) is 0 Å². The van der Waals surface area contributed by atoms with Crippen molar-refractivity contribution in [1.29, 1.82) is 0 Å². The Morgan fingerprint density at radius 2 is 2.29 bits per heavy atom. The lowest BCUT2D eigenvalue weighted by Crippen LogP contribution is -2.40. The van der Waals surface area contributed by atoms with E-state index in [-0.39, 0.29) is 5.69 Å².